The minimum Gasteiger partial charge on any atom is -0.308 e. The van der Waals surface area contributed by atoms with Crippen molar-refractivity contribution < 1.29 is 0 Å². The number of halogens is 3. The zero-order valence-corrected chi connectivity index (χ0v) is 15.8. The van der Waals surface area contributed by atoms with Gasteiger partial charge in [-0.1, -0.05) is 34.5 Å². The van der Waals surface area contributed by atoms with E-state index in [-0.39, 0.29) is 6.04 Å². The summed E-state index contributed by atoms with van der Waals surface area (Å²) in [6.07, 6.45) is 2.75. The Balaban J connectivity index is 2.52. The lowest BCUT2D eigenvalue weighted by atomic mass is 10.0. The summed E-state index contributed by atoms with van der Waals surface area (Å²) in [5.74, 6) is 0. The smallest absolute Gasteiger partial charge is 0.0837 e. The van der Waals surface area contributed by atoms with E-state index in [0.29, 0.717) is 5.02 Å². The van der Waals surface area contributed by atoms with Gasteiger partial charge < -0.3 is 5.32 Å². The second-order valence-corrected chi connectivity index (χ2v) is 6.97. The van der Waals surface area contributed by atoms with E-state index in [9.17, 15) is 0 Å². The Morgan fingerprint density at radius 1 is 1.50 bits per heavy atom. The predicted molar refractivity (Wildman–Crippen MR) is 95.3 cm³/mol. The molecular formula is C14H16BrClIN3. The molecule has 0 fully saturated rings. The van der Waals surface area contributed by atoms with Gasteiger partial charge in [-0.15, -0.1) is 0 Å². The van der Waals surface area contributed by atoms with Gasteiger partial charge in [0.2, 0.25) is 0 Å². The van der Waals surface area contributed by atoms with E-state index in [0.717, 1.165) is 23.1 Å². The Morgan fingerprint density at radius 3 is 2.90 bits per heavy atom. The largest absolute Gasteiger partial charge is 0.308 e. The number of nitrogens with zero attached hydrogens (tertiary/aromatic N) is 2. The van der Waals surface area contributed by atoms with Gasteiger partial charge in [0, 0.05) is 14.6 Å². The number of hydrogen-bond acceptors (Lipinski definition) is 2. The Morgan fingerprint density at radius 2 is 2.25 bits per heavy atom. The quantitative estimate of drug-likeness (QED) is 0.649. The molecule has 1 N–H and O–H groups in total. The van der Waals surface area contributed by atoms with Crippen LogP contribution in [0.2, 0.25) is 5.02 Å². The number of hydrogen-bond donors (Lipinski definition) is 1. The minimum atomic E-state index is 0.0287. The maximum atomic E-state index is 6.36. The summed E-state index contributed by atoms with van der Waals surface area (Å²) in [5.41, 5.74) is 2.22. The Bertz CT molecular complexity index is 600. The Labute approximate surface area is 146 Å². The molecule has 1 aromatic carbocycles. The highest BCUT2D eigenvalue weighted by Gasteiger charge is 2.22. The van der Waals surface area contributed by atoms with Crippen LogP contribution in [0.15, 0.2) is 28.9 Å². The molecule has 0 aliphatic rings. The van der Waals surface area contributed by atoms with Gasteiger partial charge in [0.1, 0.15) is 0 Å². The van der Waals surface area contributed by atoms with Crippen molar-refractivity contribution in [3.8, 4) is 0 Å². The van der Waals surface area contributed by atoms with Crippen molar-refractivity contribution in [1.29, 1.82) is 0 Å². The molecule has 0 aliphatic carbocycles. The second-order valence-electron chi connectivity index (χ2n) is 4.49. The van der Waals surface area contributed by atoms with Gasteiger partial charge in [0.05, 0.1) is 23.0 Å². The molecule has 0 aliphatic heterocycles. The van der Waals surface area contributed by atoms with Crippen LogP contribution in [-0.2, 0) is 6.54 Å². The monoisotopic (exact) mass is 467 g/mol. The fraction of sp³-hybridized carbons (Fsp3) is 0.357. The van der Waals surface area contributed by atoms with Gasteiger partial charge in [-0.05, 0) is 59.8 Å². The number of aryl methyl sites for hydroxylation is 1. The van der Waals surface area contributed by atoms with Crippen LogP contribution in [-0.4, -0.2) is 16.8 Å². The van der Waals surface area contributed by atoms with E-state index in [1.54, 1.807) is 6.20 Å². The van der Waals surface area contributed by atoms with E-state index in [1.807, 2.05) is 17.8 Å². The van der Waals surface area contributed by atoms with Gasteiger partial charge in [-0.2, -0.15) is 5.10 Å². The maximum absolute atomic E-state index is 6.36. The first-order chi connectivity index (χ1) is 9.58. The van der Waals surface area contributed by atoms with Crippen molar-refractivity contribution >= 4 is 50.1 Å². The SMILES string of the molecule is CCCn1ncc(Cl)c1C(NC)c1cc(Br)ccc1I. The van der Waals surface area contributed by atoms with E-state index in [2.05, 4.69) is 68.0 Å². The normalized spacial score (nSPS) is 12.7. The van der Waals surface area contributed by atoms with Crippen LogP contribution in [0.5, 0.6) is 0 Å². The fourth-order valence-electron chi connectivity index (χ4n) is 2.22. The molecule has 0 bridgehead atoms. The highest BCUT2D eigenvalue weighted by atomic mass is 127. The highest BCUT2D eigenvalue weighted by molar-refractivity contribution is 14.1. The van der Waals surface area contributed by atoms with Crippen LogP contribution in [0, 0.1) is 3.57 Å². The summed E-state index contributed by atoms with van der Waals surface area (Å²) in [6.45, 7) is 3.00. The first kappa shape index (κ1) is 16.3. The molecule has 1 atom stereocenters. The Hall–Kier alpha value is -0.110. The van der Waals surface area contributed by atoms with Gasteiger partial charge in [-0.25, -0.2) is 0 Å². The summed E-state index contributed by atoms with van der Waals surface area (Å²) < 4.78 is 4.25. The molecule has 0 saturated heterocycles. The van der Waals surface area contributed by atoms with Crippen LogP contribution in [0.3, 0.4) is 0 Å². The average Bonchev–Trinajstić information content (AvgIpc) is 2.77. The number of nitrogens with one attached hydrogen (secondary N) is 1. The molecule has 1 unspecified atom stereocenters. The standard InChI is InChI=1S/C14H16BrClIN3/c1-3-6-20-14(11(16)8-19-20)13(18-2)10-7-9(15)4-5-12(10)17/h4-5,7-8,13,18H,3,6H2,1-2H3. The van der Waals surface area contributed by atoms with Crippen LogP contribution >= 0.6 is 50.1 Å². The molecule has 0 radical (unpaired) electrons. The average molecular weight is 469 g/mol. The van der Waals surface area contributed by atoms with Gasteiger partial charge in [0.25, 0.3) is 0 Å². The first-order valence-electron chi connectivity index (χ1n) is 6.41. The third-order valence-electron chi connectivity index (χ3n) is 3.10. The molecule has 0 spiro atoms. The van der Waals surface area contributed by atoms with Crippen LogP contribution in [0.1, 0.15) is 30.6 Å². The van der Waals surface area contributed by atoms with Gasteiger partial charge >= 0.3 is 0 Å². The van der Waals surface area contributed by atoms with Crippen molar-refractivity contribution in [2.75, 3.05) is 7.05 Å². The van der Waals surface area contributed by atoms with Crippen molar-refractivity contribution in [3.63, 3.8) is 0 Å². The molecule has 2 aromatic rings. The van der Waals surface area contributed by atoms with E-state index in [1.165, 1.54) is 9.13 Å². The summed E-state index contributed by atoms with van der Waals surface area (Å²) in [7, 11) is 1.95. The molecule has 0 saturated carbocycles. The molecular weight excluding hydrogens is 452 g/mol. The number of rotatable bonds is 5. The van der Waals surface area contributed by atoms with Gasteiger partial charge in [-0.3, -0.25) is 4.68 Å². The maximum Gasteiger partial charge on any atom is 0.0837 e. The van der Waals surface area contributed by atoms with Crippen LogP contribution < -0.4 is 5.32 Å². The molecule has 20 heavy (non-hydrogen) atoms. The van der Waals surface area contributed by atoms with Crippen molar-refractivity contribution in [1.82, 2.24) is 15.1 Å². The molecule has 6 heteroatoms. The molecule has 3 nitrogen and oxygen atoms in total. The third kappa shape index (κ3) is 3.37. The lowest BCUT2D eigenvalue weighted by molar-refractivity contribution is 0.534. The zero-order chi connectivity index (χ0) is 14.7. The zero-order valence-electron chi connectivity index (χ0n) is 11.3. The third-order valence-corrected chi connectivity index (χ3v) is 4.87. The molecule has 1 heterocycles. The summed E-state index contributed by atoms with van der Waals surface area (Å²) in [6, 6.07) is 6.30. The number of aromatic nitrogens is 2. The number of benzene rings is 1. The van der Waals surface area contributed by atoms with Crippen LogP contribution in [0.25, 0.3) is 0 Å². The fourth-order valence-corrected chi connectivity index (χ4v) is 3.50. The highest BCUT2D eigenvalue weighted by Crippen LogP contribution is 2.32. The van der Waals surface area contributed by atoms with E-state index >= 15 is 0 Å². The molecule has 2 rings (SSSR count). The molecule has 1 aromatic heterocycles. The van der Waals surface area contributed by atoms with Crippen molar-refractivity contribution in [2.45, 2.75) is 25.9 Å². The lowest BCUT2D eigenvalue weighted by Crippen LogP contribution is -2.23. The summed E-state index contributed by atoms with van der Waals surface area (Å²) in [4.78, 5) is 0. The first-order valence-corrected chi connectivity index (χ1v) is 8.66. The topological polar surface area (TPSA) is 29.9 Å². The minimum absolute atomic E-state index is 0.0287. The molecule has 0 amide bonds. The van der Waals surface area contributed by atoms with E-state index in [4.69, 9.17) is 11.6 Å². The summed E-state index contributed by atoms with van der Waals surface area (Å²) >= 11 is 12.2. The van der Waals surface area contributed by atoms with Crippen molar-refractivity contribution in [3.05, 3.63) is 48.7 Å². The summed E-state index contributed by atoms with van der Waals surface area (Å²) in [5, 5.41) is 8.44. The Kier molecular flexibility index (Phi) is 5.89. The second kappa shape index (κ2) is 7.24. The molecule has 108 valence electrons. The van der Waals surface area contributed by atoms with Crippen molar-refractivity contribution in [2.24, 2.45) is 0 Å². The lowest BCUT2D eigenvalue weighted by Gasteiger charge is -2.20. The van der Waals surface area contributed by atoms with Crippen LogP contribution in [0.4, 0.5) is 0 Å². The van der Waals surface area contributed by atoms with E-state index < -0.39 is 0 Å². The van der Waals surface area contributed by atoms with Gasteiger partial charge in [0.15, 0.2) is 0 Å². The predicted octanol–water partition coefficient (Wildman–Crippen LogP) is 4.62.